The van der Waals surface area contributed by atoms with Crippen LogP contribution in [0.1, 0.15) is 45.6 Å². The highest BCUT2D eigenvalue weighted by atomic mass is 16.2. The van der Waals surface area contributed by atoms with Gasteiger partial charge in [-0.25, -0.2) is 0 Å². The van der Waals surface area contributed by atoms with E-state index in [0.29, 0.717) is 6.42 Å². The molecule has 106 valence electrons. The first-order valence-electron chi connectivity index (χ1n) is 7.06. The summed E-state index contributed by atoms with van der Waals surface area (Å²) in [6.07, 6.45) is 3.53. The van der Waals surface area contributed by atoms with Crippen molar-refractivity contribution in [3.63, 3.8) is 0 Å². The standard InChI is InChI=1S/C16H26N2O/c1-4-12-16(2,3)18-15(19)14(17)11-10-13-8-6-5-7-9-13/h5-9,14H,4,10-12,17H2,1-3H3,(H,18,19). The molecule has 3 heteroatoms. The molecule has 0 fully saturated rings. The van der Waals surface area contributed by atoms with Crippen molar-refractivity contribution in [2.45, 2.75) is 58.0 Å². The smallest absolute Gasteiger partial charge is 0.237 e. The Hall–Kier alpha value is -1.35. The van der Waals surface area contributed by atoms with Crippen LogP contribution in [0.5, 0.6) is 0 Å². The molecule has 19 heavy (non-hydrogen) atoms. The summed E-state index contributed by atoms with van der Waals surface area (Å²) in [5.41, 5.74) is 7.01. The normalized spacial score (nSPS) is 13.1. The number of aryl methyl sites for hydroxylation is 1. The first-order chi connectivity index (χ1) is 8.94. The topological polar surface area (TPSA) is 55.1 Å². The second-order valence-electron chi connectivity index (χ2n) is 5.75. The summed E-state index contributed by atoms with van der Waals surface area (Å²) in [6, 6.07) is 9.69. The molecule has 3 nitrogen and oxygen atoms in total. The van der Waals surface area contributed by atoms with Crippen molar-refractivity contribution in [3.05, 3.63) is 35.9 Å². The van der Waals surface area contributed by atoms with Gasteiger partial charge in [-0.15, -0.1) is 0 Å². The Morgan fingerprint density at radius 2 is 1.95 bits per heavy atom. The fourth-order valence-corrected chi connectivity index (χ4v) is 2.21. The molecule has 0 aliphatic carbocycles. The first kappa shape index (κ1) is 15.7. The zero-order valence-electron chi connectivity index (χ0n) is 12.3. The van der Waals surface area contributed by atoms with Gasteiger partial charge >= 0.3 is 0 Å². The molecular weight excluding hydrogens is 236 g/mol. The lowest BCUT2D eigenvalue weighted by molar-refractivity contribution is -0.124. The minimum Gasteiger partial charge on any atom is -0.350 e. The van der Waals surface area contributed by atoms with Crippen LogP contribution in [0.3, 0.4) is 0 Å². The molecule has 0 bridgehead atoms. The number of amides is 1. The highest BCUT2D eigenvalue weighted by Gasteiger charge is 2.22. The Kier molecular flexibility index (Phi) is 6.03. The van der Waals surface area contributed by atoms with Gasteiger partial charge in [-0.3, -0.25) is 4.79 Å². The Balaban J connectivity index is 2.41. The third kappa shape index (κ3) is 5.88. The van der Waals surface area contributed by atoms with Crippen molar-refractivity contribution in [3.8, 4) is 0 Å². The van der Waals surface area contributed by atoms with E-state index in [2.05, 4.69) is 24.4 Å². The summed E-state index contributed by atoms with van der Waals surface area (Å²) < 4.78 is 0. The molecule has 1 amide bonds. The second kappa shape index (κ2) is 7.29. The van der Waals surface area contributed by atoms with E-state index in [1.54, 1.807) is 0 Å². The fourth-order valence-electron chi connectivity index (χ4n) is 2.21. The predicted molar refractivity (Wildman–Crippen MR) is 79.9 cm³/mol. The van der Waals surface area contributed by atoms with Crippen molar-refractivity contribution >= 4 is 5.91 Å². The Labute approximate surface area is 116 Å². The third-order valence-corrected chi connectivity index (χ3v) is 3.26. The van der Waals surface area contributed by atoms with Crippen LogP contribution in [0.4, 0.5) is 0 Å². The van der Waals surface area contributed by atoms with Crippen molar-refractivity contribution < 1.29 is 4.79 Å². The fraction of sp³-hybridized carbons (Fsp3) is 0.562. The molecule has 0 heterocycles. The second-order valence-corrected chi connectivity index (χ2v) is 5.75. The summed E-state index contributed by atoms with van der Waals surface area (Å²) in [7, 11) is 0. The quantitative estimate of drug-likeness (QED) is 0.793. The summed E-state index contributed by atoms with van der Waals surface area (Å²) in [4.78, 5) is 12.0. The summed E-state index contributed by atoms with van der Waals surface area (Å²) in [5, 5.41) is 3.03. The summed E-state index contributed by atoms with van der Waals surface area (Å²) >= 11 is 0. The zero-order chi connectivity index (χ0) is 14.3. The van der Waals surface area contributed by atoms with Crippen LogP contribution in [0.25, 0.3) is 0 Å². The molecule has 1 atom stereocenters. The lowest BCUT2D eigenvalue weighted by Gasteiger charge is -2.27. The van der Waals surface area contributed by atoms with E-state index >= 15 is 0 Å². The van der Waals surface area contributed by atoms with E-state index in [1.165, 1.54) is 5.56 Å². The van der Waals surface area contributed by atoms with Gasteiger partial charge in [0.15, 0.2) is 0 Å². The lowest BCUT2D eigenvalue weighted by Crippen LogP contribution is -2.50. The van der Waals surface area contributed by atoms with E-state index in [4.69, 9.17) is 5.73 Å². The molecule has 3 N–H and O–H groups in total. The van der Waals surface area contributed by atoms with Crippen LogP contribution in [0.15, 0.2) is 30.3 Å². The molecule has 1 aromatic carbocycles. The molecule has 0 radical (unpaired) electrons. The van der Waals surface area contributed by atoms with Crippen LogP contribution in [0, 0.1) is 0 Å². The average Bonchev–Trinajstić information content (AvgIpc) is 2.36. The summed E-state index contributed by atoms with van der Waals surface area (Å²) in [5.74, 6) is -0.0469. The van der Waals surface area contributed by atoms with Crippen LogP contribution in [-0.2, 0) is 11.2 Å². The van der Waals surface area contributed by atoms with Crippen molar-refractivity contribution in [1.29, 1.82) is 0 Å². The van der Waals surface area contributed by atoms with Crippen LogP contribution < -0.4 is 11.1 Å². The van der Waals surface area contributed by atoms with Crippen LogP contribution >= 0.6 is 0 Å². The highest BCUT2D eigenvalue weighted by molar-refractivity contribution is 5.82. The molecular formula is C16H26N2O. The Morgan fingerprint density at radius 1 is 1.32 bits per heavy atom. The first-order valence-corrected chi connectivity index (χ1v) is 7.06. The van der Waals surface area contributed by atoms with Gasteiger partial charge in [-0.05, 0) is 38.7 Å². The third-order valence-electron chi connectivity index (χ3n) is 3.26. The zero-order valence-corrected chi connectivity index (χ0v) is 12.3. The number of hydrogen-bond donors (Lipinski definition) is 2. The lowest BCUT2D eigenvalue weighted by atomic mass is 9.97. The number of rotatable bonds is 7. The molecule has 1 aromatic rings. The predicted octanol–water partition coefficient (Wildman–Crippen LogP) is 2.64. The Bertz CT molecular complexity index is 387. The minimum atomic E-state index is -0.434. The van der Waals surface area contributed by atoms with Crippen molar-refractivity contribution in [1.82, 2.24) is 5.32 Å². The monoisotopic (exact) mass is 262 g/mol. The van der Waals surface area contributed by atoms with Crippen LogP contribution in [0.2, 0.25) is 0 Å². The van der Waals surface area contributed by atoms with E-state index in [1.807, 2.05) is 32.0 Å². The van der Waals surface area contributed by atoms with Gasteiger partial charge in [0.2, 0.25) is 5.91 Å². The van der Waals surface area contributed by atoms with Crippen LogP contribution in [-0.4, -0.2) is 17.5 Å². The van der Waals surface area contributed by atoms with E-state index in [9.17, 15) is 4.79 Å². The Morgan fingerprint density at radius 3 is 2.53 bits per heavy atom. The van der Waals surface area contributed by atoms with E-state index in [-0.39, 0.29) is 11.4 Å². The van der Waals surface area contributed by atoms with Gasteiger partial charge in [0.25, 0.3) is 0 Å². The van der Waals surface area contributed by atoms with Crippen molar-refractivity contribution in [2.75, 3.05) is 0 Å². The molecule has 1 unspecified atom stereocenters. The number of benzene rings is 1. The van der Waals surface area contributed by atoms with E-state index in [0.717, 1.165) is 19.3 Å². The van der Waals surface area contributed by atoms with Gasteiger partial charge in [-0.1, -0.05) is 43.7 Å². The van der Waals surface area contributed by atoms with Crippen molar-refractivity contribution in [2.24, 2.45) is 5.73 Å². The maximum Gasteiger partial charge on any atom is 0.237 e. The molecule has 0 aliphatic heterocycles. The maximum atomic E-state index is 12.0. The minimum absolute atomic E-state index is 0.0469. The number of carbonyl (C=O) groups is 1. The molecule has 0 saturated heterocycles. The largest absolute Gasteiger partial charge is 0.350 e. The molecule has 0 aliphatic rings. The van der Waals surface area contributed by atoms with E-state index < -0.39 is 6.04 Å². The van der Waals surface area contributed by atoms with Gasteiger partial charge in [0.05, 0.1) is 6.04 Å². The number of nitrogens with one attached hydrogen (secondary N) is 1. The molecule has 0 saturated carbocycles. The molecule has 1 rings (SSSR count). The summed E-state index contributed by atoms with van der Waals surface area (Å²) in [6.45, 7) is 6.19. The number of carbonyl (C=O) groups excluding carboxylic acids is 1. The number of hydrogen-bond acceptors (Lipinski definition) is 2. The van der Waals surface area contributed by atoms with Gasteiger partial charge in [0.1, 0.15) is 0 Å². The molecule has 0 spiro atoms. The van der Waals surface area contributed by atoms with Gasteiger partial charge in [0, 0.05) is 5.54 Å². The SMILES string of the molecule is CCCC(C)(C)NC(=O)C(N)CCc1ccccc1. The molecule has 0 aromatic heterocycles. The number of nitrogens with two attached hydrogens (primary N) is 1. The maximum absolute atomic E-state index is 12.0. The van der Waals surface area contributed by atoms with Gasteiger partial charge in [-0.2, -0.15) is 0 Å². The van der Waals surface area contributed by atoms with Gasteiger partial charge < -0.3 is 11.1 Å². The average molecular weight is 262 g/mol. The highest BCUT2D eigenvalue weighted by Crippen LogP contribution is 2.11.